The van der Waals surface area contributed by atoms with Gasteiger partial charge >= 0.3 is 6.03 Å². The molecule has 2 N–H and O–H groups in total. The Hall–Kier alpha value is -2.36. The Kier molecular flexibility index (Phi) is 5.15. The van der Waals surface area contributed by atoms with E-state index in [0.717, 1.165) is 3.57 Å². The van der Waals surface area contributed by atoms with Crippen LogP contribution in [0.25, 0.3) is 0 Å². The van der Waals surface area contributed by atoms with Crippen molar-refractivity contribution in [1.82, 2.24) is 0 Å². The van der Waals surface area contributed by atoms with Gasteiger partial charge in [-0.15, -0.1) is 0 Å². The number of hydrogen-bond acceptors (Lipinski definition) is 4. The molecule has 0 aromatic heterocycles. The summed E-state index contributed by atoms with van der Waals surface area (Å²) in [5.41, 5.74) is 0.732. The molecule has 0 spiro atoms. The van der Waals surface area contributed by atoms with Gasteiger partial charge in [-0.2, -0.15) is 0 Å². The molecule has 2 aromatic carbocycles. The second-order valence-electron chi connectivity index (χ2n) is 4.20. The summed E-state index contributed by atoms with van der Waals surface area (Å²) < 4.78 is 5.96. The van der Waals surface area contributed by atoms with Crippen molar-refractivity contribution in [2.45, 2.75) is 0 Å². The van der Waals surface area contributed by atoms with Crippen molar-refractivity contribution >= 4 is 45.7 Å². The summed E-state index contributed by atoms with van der Waals surface area (Å²) >= 11 is 2.10. The van der Waals surface area contributed by atoms with Crippen molar-refractivity contribution in [1.29, 1.82) is 0 Å². The van der Waals surface area contributed by atoms with Crippen molar-refractivity contribution in [3.05, 3.63) is 56.1 Å². The zero-order valence-corrected chi connectivity index (χ0v) is 13.7. The van der Waals surface area contributed by atoms with E-state index in [1.807, 2.05) is 12.1 Å². The molecule has 0 aliphatic carbocycles. The predicted molar refractivity (Wildman–Crippen MR) is 91.4 cm³/mol. The van der Waals surface area contributed by atoms with Gasteiger partial charge < -0.3 is 15.4 Å². The minimum absolute atomic E-state index is 0.134. The zero-order valence-electron chi connectivity index (χ0n) is 11.5. The zero-order chi connectivity index (χ0) is 16.1. The molecule has 114 valence electrons. The van der Waals surface area contributed by atoms with Crippen LogP contribution < -0.4 is 15.4 Å². The fourth-order valence-electron chi connectivity index (χ4n) is 1.75. The molecule has 2 rings (SSSR count). The number of hydrogen-bond donors (Lipinski definition) is 2. The number of carbonyl (C=O) groups is 1. The lowest BCUT2D eigenvalue weighted by molar-refractivity contribution is -0.384. The van der Waals surface area contributed by atoms with E-state index >= 15 is 0 Å². The Bertz CT molecular complexity index is 721. The molecule has 0 aliphatic rings. The van der Waals surface area contributed by atoms with Crippen LogP contribution in [-0.2, 0) is 0 Å². The van der Waals surface area contributed by atoms with E-state index in [1.165, 1.54) is 25.3 Å². The maximum absolute atomic E-state index is 12.0. The van der Waals surface area contributed by atoms with E-state index in [-0.39, 0.29) is 11.4 Å². The lowest BCUT2D eigenvalue weighted by Gasteiger charge is -2.11. The number of halogens is 1. The number of urea groups is 1. The number of methoxy groups -OCH3 is 1. The number of nitrogens with zero attached hydrogens (tertiary/aromatic N) is 1. The number of benzene rings is 2. The third-order valence-corrected chi connectivity index (χ3v) is 3.70. The summed E-state index contributed by atoms with van der Waals surface area (Å²) in [5, 5.41) is 16.0. The molecular weight excluding hydrogens is 401 g/mol. The summed E-state index contributed by atoms with van der Waals surface area (Å²) in [4.78, 5) is 22.3. The lowest BCUT2D eigenvalue weighted by atomic mass is 10.2. The van der Waals surface area contributed by atoms with Crippen LogP contribution in [0.2, 0.25) is 0 Å². The smallest absolute Gasteiger partial charge is 0.323 e. The van der Waals surface area contributed by atoms with Gasteiger partial charge in [-0.25, -0.2) is 4.79 Å². The van der Waals surface area contributed by atoms with Gasteiger partial charge in [0.25, 0.3) is 5.69 Å². The number of nitrogens with one attached hydrogen (secondary N) is 2. The molecule has 7 nitrogen and oxygen atoms in total. The first kappa shape index (κ1) is 16.0. The number of nitro groups is 1. The number of anilines is 2. The Morgan fingerprint density at radius 2 is 1.86 bits per heavy atom. The van der Waals surface area contributed by atoms with Gasteiger partial charge in [0.1, 0.15) is 5.75 Å². The van der Waals surface area contributed by atoms with E-state index in [1.54, 1.807) is 12.1 Å². The largest absolute Gasteiger partial charge is 0.495 e. The van der Waals surface area contributed by atoms with Gasteiger partial charge in [-0.05, 0) is 40.8 Å². The van der Waals surface area contributed by atoms with E-state index < -0.39 is 11.0 Å². The molecule has 22 heavy (non-hydrogen) atoms. The third kappa shape index (κ3) is 3.85. The van der Waals surface area contributed by atoms with Gasteiger partial charge in [0, 0.05) is 15.7 Å². The van der Waals surface area contributed by atoms with Crippen LogP contribution in [0.3, 0.4) is 0 Å². The second-order valence-corrected chi connectivity index (χ2v) is 5.36. The van der Waals surface area contributed by atoms with Crippen LogP contribution in [0.5, 0.6) is 5.75 Å². The molecule has 0 fully saturated rings. The topological polar surface area (TPSA) is 93.5 Å². The monoisotopic (exact) mass is 413 g/mol. The molecule has 2 aromatic rings. The van der Waals surface area contributed by atoms with Gasteiger partial charge in [0.2, 0.25) is 0 Å². The highest BCUT2D eigenvalue weighted by Crippen LogP contribution is 2.29. The molecule has 0 aliphatic heterocycles. The molecule has 0 heterocycles. The van der Waals surface area contributed by atoms with Crippen molar-refractivity contribution in [3.8, 4) is 5.75 Å². The molecule has 0 atom stereocenters. The first-order chi connectivity index (χ1) is 10.5. The summed E-state index contributed by atoms with van der Waals surface area (Å²) in [7, 11) is 1.42. The van der Waals surface area contributed by atoms with Gasteiger partial charge in [0.15, 0.2) is 0 Å². The lowest BCUT2D eigenvalue weighted by Crippen LogP contribution is -2.20. The highest BCUT2D eigenvalue weighted by Gasteiger charge is 2.14. The maximum atomic E-state index is 12.0. The van der Waals surface area contributed by atoms with Gasteiger partial charge in [0.05, 0.1) is 23.4 Å². The van der Waals surface area contributed by atoms with Crippen LogP contribution in [0.1, 0.15) is 0 Å². The first-order valence-electron chi connectivity index (χ1n) is 6.16. The standard InChI is InChI=1S/C14H12IN3O4/c1-22-13-7-6-9(18(20)21)8-12(13)17-14(19)16-11-5-3-2-4-10(11)15/h2-8H,1H3,(H2,16,17,19). The summed E-state index contributed by atoms with van der Waals surface area (Å²) in [6, 6.07) is 10.7. The van der Waals surface area contributed by atoms with Crippen molar-refractivity contribution in [2.75, 3.05) is 17.7 Å². The third-order valence-electron chi connectivity index (χ3n) is 2.76. The molecule has 0 unspecified atom stereocenters. The highest BCUT2D eigenvalue weighted by molar-refractivity contribution is 14.1. The Morgan fingerprint density at radius 1 is 1.18 bits per heavy atom. The first-order valence-corrected chi connectivity index (χ1v) is 7.24. The molecule has 0 saturated heterocycles. The average molecular weight is 413 g/mol. The number of ether oxygens (including phenoxy) is 1. The van der Waals surface area contributed by atoms with Crippen LogP contribution in [0.4, 0.5) is 21.9 Å². The minimum Gasteiger partial charge on any atom is -0.495 e. The Balaban J connectivity index is 2.19. The number of para-hydroxylation sites is 1. The summed E-state index contributed by atoms with van der Waals surface area (Å²) in [6.45, 7) is 0. The van der Waals surface area contributed by atoms with E-state index in [2.05, 4.69) is 33.2 Å². The van der Waals surface area contributed by atoms with Crippen LogP contribution in [-0.4, -0.2) is 18.1 Å². The highest BCUT2D eigenvalue weighted by atomic mass is 127. The van der Waals surface area contributed by atoms with E-state index in [9.17, 15) is 14.9 Å². The van der Waals surface area contributed by atoms with Crippen molar-refractivity contribution in [3.63, 3.8) is 0 Å². The SMILES string of the molecule is COc1ccc([N+](=O)[O-])cc1NC(=O)Nc1ccccc1I. The predicted octanol–water partition coefficient (Wildman–Crippen LogP) is 3.85. The number of nitro benzene ring substituents is 1. The number of amides is 2. The average Bonchev–Trinajstić information content (AvgIpc) is 2.49. The Labute approximate surface area is 140 Å². The molecule has 8 heteroatoms. The molecule has 0 bridgehead atoms. The quantitative estimate of drug-likeness (QED) is 0.453. The Morgan fingerprint density at radius 3 is 2.50 bits per heavy atom. The maximum Gasteiger partial charge on any atom is 0.323 e. The van der Waals surface area contributed by atoms with Gasteiger partial charge in [-0.3, -0.25) is 10.1 Å². The minimum atomic E-state index is -0.539. The molecule has 0 saturated carbocycles. The second kappa shape index (κ2) is 7.07. The molecule has 2 amide bonds. The van der Waals surface area contributed by atoms with Crippen molar-refractivity contribution in [2.24, 2.45) is 0 Å². The summed E-state index contributed by atoms with van der Waals surface area (Å²) in [5.74, 6) is 0.337. The number of rotatable bonds is 4. The van der Waals surface area contributed by atoms with Crippen molar-refractivity contribution < 1.29 is 14.5 Å². The van der Waals surface area contributed by atoms with E-state index in [0.29, 0.717) is 11.4 Å². The fourth-order valence-corrected chi connectivity index (χ4v) is 2.27. The summed E-state index contributed by atoms with van der Waals surface area (Å²) in [6.07, 6.45) is 0. The molecular formula is C14H12IN3O4. The van der Waals surface area contributed by atoms with Gasteiger partial charge in [-0.1, -0.05) is 12.1 Å². The van der Waals surface area contributed by atoms with E-state index in [4.69, 9.17) is 4.74 Å². The van der Waals surface area contributed by atoms with Crippen LogP contribution >= 0.6 is 22.6 Å². The molecule has 0 radical (unpaired) electrons. The van der Waals surface area contributed by atoms with Crippen LogP contribution in [0.15, 0.2) is 42.5 Å². The fraction of sp³-hybridized carbons (Fsp3) is 0.0714. The number of carbonyl (C=O) groups excluding carboxylic acids is 1. The van der Waals surface area contributed by atoms with Crippen LogP contribution in [0, 0.1) is 13.7 Å². The number of non-ortho nitro benzene ring substituents is 1. The normalized spacial score (nSPS) is 9.91.